The number of nitrogens with zero attached hydrogens (tertiary/aromatic N) is 1. The Hall–Kier alpha value is -0.0300. The van der Waals surface area contributed by atoms with Gasteiger partial charge in [0.2, 0.25) is 0 Å². The smallest absolute Gasteiger partial charge is 0.0824 e. The van der Waals surface area contributed by atoms with Crippen LogP contribution >= 0.6 is 35.6 Å². The van der Waals surface area contributed by atoms with Gasteiger partial charge in [-0.25, -0.2) is 0 Å². The van der Waals surface area contributed by atoms with Gasteiger partial charge in [-0.1, -0.05) is 29.3 Å². The van der Waals surface area contributed by atoms with Gasteiger partial charge in [0.1, 0.15) is 0 Å². The molecule has 18 heavy (non-hydrogen) atoms. The molecule has 102 valence electrons. The highest BCUT2D eigenvalue weighted by molar-refractivity contribution is 6.35. The molecule has 1 aliphatic rings. The fraction of sp³-hybridized carbons (Fsp3) is 0.500. The number of rotatable bonds is 3. The molecule has 1 saturated heterocycles. The third kappa shape index (κ3) is 3.98. The van der Waals surface area contributed by atoms with E-state index in [0.717, 1.165) is 25.2 Å². The summed E-state index contributed by atoms with van der Waals surface area (Å²) in [5, 5.41) is 1.43. The fourth-order valence-corrected chi connectivity index (χ4v) is 2.49. The van der Waals surface area contributed by atoms with E-state index in [0.29, 0.717) is 23.2 Å². The highest BCUT2D eigenvalue weighted by atomic mass is 35.5. The molecule has 1 aromatic rings. The maximum Gasteiger partial charge on any atom is 0.0824 e. The van der Waals surface area contributed by atoms with Crippen LogP contribution in [0.2, 0.25) is 10.0 Å². The summed E-state index contributed by atoms with van der Waals surface area (Å²) in [7, 11) is 0. The number of morpholine rings is 1. The van der Waals surface area contributed by atoms with Gasteiger partial charge in [0, 0.05) is 41.8 Å². The van der Waals surface area contributed by atoms with Crippen LogP contribution in [0.4, 0.5) is 0 Å². The Morgan fingerprint density at radius 1 is 1.33 bits per heavy atom. The van der Waals surface area contributed by atoms with E-state index in [1.54, 1.807) is 0 Å². The minimum absolute atomic E-state index is 0. The third-order valence-corrected chi connectivity index (χ3v) is 3.64. The monoisotopic (exact) mass is 310 g/mol. The van der Waals surface area contributed by atoms with E-state index in [-0.39, 0.29) is 18.5 Å². The van der Waals surface area contributed by atoms with E-state index in [4.69, 9.17) is 33.7 Å². The Bertz CT molecular complexity index is 369. The van der Waals surface area contributed by atoms with Crippen molar-refractivity contribution < 1.29 is 4.74 Å². The van der Waals surface area contributed by atoms with Crippen molar-refractivity contribution in [1.29, 1.82) is 0 Å². The summed E-state index contributed by atoms with van der Waals surface area (Å²) in [5.41, 5.74) is 6.59. The van der Waals surface area contributed by atoms with Crippen molar-refractivity contribution in [3.8, 4) is 0 Å². The predicted octanol–water partition coefficient (Wildman–Crippen LogP) is 2.57. The van der Waals surface area contributed by atoms with Gasteiger partial charge >= 0.3 is 0 Å². The molecule has 1 heterocycles. The molecule has 2 rings (SSSR count). The summed E-state index contributed by atoms with van der Waals surface area (Å²) >= 11 is 12.3. The zero-order valence-corrected chi connectivity index (χ0v) is 12.3. The van der Waals surface area contributed by atoms with Crippen molar-refractivity contribution in [3.05, 3.63) is 33.8 Å². The summed E-state index contributed by atoms with van der Waals surface area (Å²) in [6, 6.07) is 5.59. The first-order chi connectivity index (χ1) is 8.20. The summed E-state index contributed by atoms with van der Waals surface area (Å²) in [5.74, 6) is 0. The van der Waals surface area contributed by atoms with E-state index in [9.17, 15) is 0 Å². The molecule has 2 N–H and O–H groups in total. The Kier molecular flexibility index (Phi) is 6.71. The maximum absolute atomic E-state index is 6.15. The van der Waals surface area contributed by atoms with E-state index >= 15 is 0 Å². The zero-order valence-electron chi connectivity index (χ0n) is 9.94. The van der Waals surface area contributed by atoms with Gasteiger partial charge in [-0.3, -0.25) is 4.90 Å². The maximum atomic E-state index is 6.15. The lowest BCUT2D eigenvalue weighted by atomic mass is 10.2. The zero-order chi connectivity index (χ0) is 12.3. The van der Waals surface area contributed by atoms with Crippen molar-refractivity contribution >= 4 is 35.6 Å². The molecule has 6 heteroatoms. The second-order valence-corrected chi connectivity index (χ2v) is 4.98. The molecular weight excluding hydrogens is 295 g/mol. The van der Waals surface area contributed by atoms with Crippen LogP contribution in [-0.4, -0.2) is 37.2 Å². The number of halogens is 3. The highest BCUT2D eigenvalue weighted by Gasteiger charge is 2.20. The summed E-state index contributed by atoms with van der Waals surface area (Å²) in [6.45, 7) is 3.73. The van der Waals surface area contributed by atoms with Crippen LogP contribution in [0, 0.1) is 0 Å². The molecule has 3 nitrogen and oxygen atoms in total. The molecule has 0 saturated carbocycles. The van der Waals surface area contributed by atoms with Crippen molar-refractivity contribution in [3.63, 3.8) is 0 Å². The number of hydrogen-bond acceptors (Lipinski definition) is 3. The normalized spacial score (nSPS) is 20.5. The number of hydrogen-bond donors (Lipinski definition) is 1. The second kappa shape index (κ2) is 7.53. The van der Waals surface area contributed by atoms with Crippen LogP contribution in [0.25, 0.3) is 0 Å². The van der Waals surface area contributed by atoms with Crippen LogP contribution < -0.4 is 5.73 Å². The van der Waals surface area contributed by atoms with Crippen LogP contribution in [0.3, 0.4) is 0 Å². The van der Waals surface area contributed by atoms with E-state index in [1.165, 1.54) is 0 Å². The summed E-state index contributed by atoms with van der Waals surface area (Å²) in [4.78, 5) is 2.27. The molecule has 0 aliphatic carbocycles. The van der Waals surface area contributed by atoms with Crippen LogP contribution in [0.15, 0.2) is 18.2 Å². The Morgan fingerprint density at radius 3 is 2.61 bits per heavy atom. The molecule has 1 unspecified atom stereocenters. The number of benzene rings is 1. The lowest BCUT2D eigenvalue weighted by molar-refractivity contribution is -0.0260. The quantitative estimate of drug-likeness (QED) is 0.932. The first kappa shape index (κ1) is 16.0. The third-order valence-electron chi connectivity index (χ3n) is 2.93. The highest BCUT2D eigenvalue weighted by Crippen LogP contribution is 2.26. The first-order valence-electron chi connectivity index (χ1n) is 5.67. The average molecular weight is 312 g/mol. The lowest BCUT2D eigenvalue weighted by Crippen LogP contribution is -2.45. The molecule has 0 bridgehead atoms. The van der Waals surface area contributed by atoms with E-state index in [1.807, 2.05) is 18.2 Å². The molecule has 1 aliphatic heterocycles. The van der Waals surface area contributed by atoms with Gasteiger partial charge < -0.3 is 10.5 Å². The van der Waals surface area contributed by atoms with Crippen LogP contribution in [0.1, 0.15) is 5.56 Å². The first-order valence-corrected chi connectivity index (χ1v) is 6.43. The Morgan fingerprint density at radius 2 is 2.00 bits per heavy atom. The Labute approximate surface area is 124 Å². The molecule has 0 aromatic heterocycles. The van der Waals surface area contributed by atoms with Gasteiger partial charge in [-0.05, 0) is 12.1 Å². The van der Waals surface area contributed by atoms with Crippen molar-refractivity contribution in [2.24, 2.45) is 5.73 Å². The van der Waals surface area contributed by atoms with Crippen molar-refractivity contribution in [2.45, 2.75) is 12.6 Å². The topological polar surface area (TPSA) is 38.5 Å². The standard InChI is InChI=1S/C12H16Cl2N2O.ClH/c13-11-2-1-3-12(14)10(11)8-16-4-5-17-9(6-15)7-16;/h1-3,9H,4-8,15H2;1H. The molecule has 0 radical (unpaired) electrons. The lowest BCUT2D eigenvalue weighted by Gasteiger charge is -2.32. The SMILES string of the molecule is Cl.NCC1CN(Cc2c(Cl)cccc2Cl)CCO1. The van der Waals surface area contributed by atoms with Gasteiger partial charge in [0.05, 0.1) is 12.7 Å². The minimum Gasteiger partial charge on any atom is -0.374 e. The van der Waals surface area contributed by atoms with E-state index in [2.05, 4.69) is 4.90 Å². The number of ether oxygens (including phenoxy) is 1. The second-order valence-electron chi connectivity index (χ2n) is 4.16. The Balaban J connectivity index is 0.00000162. The van der Waals surface area contributed by atoms with E-state index < -0.39 is 0 Å². The predicted molar refractivity (Wildman–Crippen MR) is 77.8 cm³/mol. The molecule has 1 aromatic carbocycles. The fourth-order valence-electron chi connectivity index (χ4n) is 1.97. The molecule has 1 atom stereocenters. The van der Waals surface area contributed by atoms with Gasteiger partial charge in [0.25, 0.3) is 0 Å². The molecule has 0 amide bonds. The van der Waals surface area contributed by atoms with Gasteiger partial charge in [-0.15, -0.1) is 12.4 Å². The summed E-state index contributed by atoms with van der Waals surface area (Å²) in [6.07, 6.45) is 0.116. The van der Waals surface area contributed by atoms with Crippen molar-refractivity contribution in [2.75, 3.05) is 26.2 Å². The van der Waals surface area contributed by atoms with Crippen LogP contribution in [-0.2, 0) is 11.3 Å². The summed E-state index contributed by atoms with van der Waals surface area (Å²) < 4.78 is 5.52. The van der Waals surface area contributed by atoms with Gasteiger partial charge in [-0.2, -0.15) is 0 Å². The minimum atomic E-state index is 0. The van der Waals surface area contributed by atoms with Crippen molar-refractivity contribution in [1.82, 2.24) is 4.90 Å². The van der Waals surface area contributed by atoms with Gasteiger partial charge in [0.15, 0.2) is 0 Å². The average Bonchev–Trinajstić information content (AvgIpc) is 2.34. The molecule has 0 spiro atoms. The number of nitrogens with two attached hydrogens (primary N) is 1. The molecule has 1 fully saturated rings. The molecular formula is C12H17Cl3N2O. The largest absolute Gasteiger partial charge is 0.374 e. The van der Waals surface area contributed by atoms with Crippen LogP contribution in [0.5, 0.6) is 0 Å².